The second-order valence-electron chi connectivity index (χ2n) is 7.22. The van der Waals surface area contributed by atoms with Crippen LogP contribution in [0.5, 0.6) is 0 Å². The number of carbonyl (C=O) groups is 1. The van der Waals surface area contributed by atoms with E-state index in [4.69, 9.17) is 10.7 Å². The predicted octanol–water partition coefficient (Wildman–Crippen LogP) is 2.43. The highest BCUT2D eigenvalue weighted by atomic mass is 127. The van der Waals surface area contributed by atoms with Gasteiger partial charge in [0.25, 0.3) is 0 Å². The van der Waals surface area contributed by atoms with Crippen LogP contribution in [0.15, 0.2) is 29.3 Å². The molecule has 1 amide bonds. The molecular weight excluding hydrogens is 472 g/mol. The molecule has 1 aliphatic heterocycles. The molecule has 3 N–H and O–H groups in total. The summed E-state index contributed by atoms with van der Waals surface area (Å²) in [5.41, 5.74) is 6.44. The van der Waals surface area contributed by atoms with Gasteiger partial charge in [-0.3, -0.25) is 9.79 Å². The number of guanidine groups is 1. The summed E-state index contributed by atoms with van der Waals surface area (Å²) in [4.78, 5) is 20.4. The standard InChI is InChI=1S/C20H32FN5O.HI/c1-3-23-20(26-11-4-5-17(15-26)13-19(22)27)24-10-12-25(2)14-16-6-8-18(21)9-7-16;/h6-9,17H,3-5,10-15H2,1-2H3,(H2,22,27)(H,23,24);1H. The number of likely N-dealkylation sites (tertiary alicyclic amines) is 1. The highest BCUT2D eigenvalue weighted by Crippen LogP contribution is 2.19. The lowest BCUT2D eigenvalue weighted by atomic mass is 9.95. The van der Waals surface area contributed by atoms with Gasteiger partial charge in [-0.2, -0.15) is 0 Å². The summed E-state index contributed by atoms with van der Waals surface area (Å²) in [6.45, 7) is 6.88. The maximum Gasteiger partial charge on any atom is 0.217 e. The molecule has 1 saturated heterocycles. The highest BCUT2D eigenvalue weighted by Gasteiger charge is 2.23. The van der Waals surface area contributed by atoms with Crippen LogP contribution >= 0.6 is 24.0 Å². The number of piperidine rings is 1. The quantitative estimate of drug-likeness (QED) is 0.324. The summed E-state index contributed by atoms with van der Waals surface area (Å²) in [6, 6.07) is 6.60. The molecule has 1 atom stereocenters. The van der Waals surface area contributed by atoms with Gasteiger partial charge in [-0.25, -0.2) is 4.39 Å². The van der Waals surface area contributed by atoms with E-state index in [9.17, 15) is 9.18 Å². The number of rotatable bonds is 8. The van der Waals surface area contributed by atoms with Gasteiger partial charge >= 0.3 is 0 Å². The van der Waals surface area contributed by atoms with E-state index >= 15 is 0 Å². The predicted molar refractivity (Wildman–Crippen MR) is 122 cm³/mol. The number of halogens is 2. The topological polar surface area (TPSA) is 74.0 Å². The first-order valence-corrected chi connectivity index (χ1v) is 9.72. The molecule has 0 bridgehead atoms. The van der Waals surface area contributed by atoms with Gasteiger partial charge in [-0.15, -0.1) is 24.0 Å². The van der Waals surface area contributed by atoms with Crippen LogP contribution in [0.25, 0.3) is 0 Å². The van der Waals surface area contributed by atoms with Gasteiger partial charge in [0.1, 0.15) is 5.82 Å². The molecular formula is C20H33FIN5O. The zero-order valence-electron chi connectivity index (χ0n) is 16.9. The third-order valence-corrected chi connectivity index (χ3v) is 4.75. The molecule has 0 saturated carbocycles. The van der Waals surface area contributed by atoms with Crippen LogP contribution in [0.3, 0.4) is 0 Å². The Hall–Kier alpha value is -1.42. The summed E-state index contributed by atoms with van der Waals surface area (Å²) >= 11 is 0. The van der Waals surface area contributed by atoms with Gasteiger partial charge in [-0.05, 0) is 50.4 Å². The average molecular weight is 505 g/mol. The third-order valence-electron chi connectivity index (χ3n) is 4.75. The normalized spacial score (nSPS) is 17.4. The molecule has 28 heavy (non-hydrogen) atoms. The molecule has 0 radical (unpaired) electrons. The van der Waals surface area contributed by atoms with Gasteiger partial charge in [0.05, 0.1) is 6.54 Å². The Morgan fingerprint density at radius 1 is 1.39 bits per heavy atom. The van der Waals surface area contributed by atoms with Crippen LogP contribution in [0.1, 0.15) is 31.7 Å². The van der Waals surface area contributed by atoms with Gasteiger partial charge in [0.2, 0.25) is 5.91 Å². The zero-order valence-corrected chi connectivity index (χ0v) is 19.2. The molecule has 158 valence electrons. The van der Waals surface area contributed by atoms with E-state index in [1.165, 1.54) is 12.1 Å². The summed E-state index contributed by atoms with van der Waals surface area (Å²) < 4.78 is 13.0. The van der Waals surface area contributed by atoms with Crippen molar-refractivity contribution in [3.63, 3.8) is 0 Å². The molecule has 0 spiro atoms. The number of primary amides is 1. The summed E-state index contributed by atoms with van der Waals surface area (Å²) in [5.74, 6) is 0.770. The first-order valence-electron chi connectivity index (χ1n) is 9.72. The molecule has 0 aliphatic carbocycles. The molecule has 8 heteroatoms. The van der Waals surface area contributed by atoms with Crippen LogP contribution in [-0.4, -0.2) is 61.4 Å². The third kappa shape index (κ3) is 8.72. The summed E-state index contributed by atoms with van der Waals surface area (Å²) in [7, 11) is 2.04. The highest BCUT2D eigenvalue weighted by molar-refractivity contribution is 14.0. The smallest absolute Gasteiger partial charge is 0.217 e. The van der Waals surface area contributed by atoms with Crippen molar-refractivity contribution in [2.75, 3.05) is 39.8 Å². The van der Waals surface area contributed by atoms with E-state index in [1.807, 2.05) is 19.2 Å². The summed E-state index contributed by atoms with van der Waals surface area (Å²) in [6.07, 6.45) is 2.53. The molecule has 1 unspecified atom stereocenters. The average Bonchev–Trinajstić information content (AvgIpc) is 2.62. The number of nitrogens with zero attached hydrogens (tertiary/aromatic N) is 3. The maximum atomic E-state index is 13.0. The maximum absolute atomic E-state index is 13.0. The minimum Gasteiger partial charge on any atom is -0.370 e. The Morgan fingerprint density at radius 3 is 2.75 bits per heavy atom. The molecule has 2 rings (SSSR count). The molecule has 1 aromatic rings. The van der Waals surface area contributed by atoms with Gasteiger partial charge in [0, 0.05) is 39.1 Å². The minimum absolute atomic E-state index is 0. The lowest BCUT2D eigenvalue weighted by Crippen LogP contribution is -2.47. The number of benzene rings is 1. The van der Waals surface area contributed by atoms with E-state index in [1.54, 1.807) is 0 Å². The monoisotopic (exact) mass is 505 g/mol. The number of carbonyl (C=O) groups excluding carboxylic acids is 1. The first kappa shape index (κ1) is 24.6. The van der Waals surface area contributed by atoms with E-state index < -0.39 is 0 Å². The van der Waals surface area contributed by atoms with Crippen LogP contribution in [0.2, 0.25) is 0 Å². The van der Waals surface area contributed by atoms with Gasteiger partial charge < -0.3 is 20.9 Å². The molecule has 1 heterocycles. The number of hydrogen-bond donors (Lipinski definition) is 2. The zero-order chi connectivity index (χ0) is 19.6. The Labute approximate surface area is 184 Å². The van der Waals surface area contributed by atoms with Crippen molar-refractivity contribution in [2.45, 2.75) is 32.7 Å². The Bertz CT molecular complexity index is 626. The van der Waals surface area contributed by atoms with Crippen molar-refractivity contribution >= 4 is 35.8 Å². The Morgan fingerprint density at radius 2 is 2.11 bits per heavy atom. The lowest BCUT2D eigenvalue weighted by molar-refractivity contribution is -0.119. The number of nitrogens with one attached hydrogen (secondary N) is 1. The summed E-state index contributed by atoms with van der Waals surface area (Å²) in [5, 5.41) is 3.36. The van der Waals surface area contributed by atoms with E-state index in [2.05, 4.69) is 22.0 Å². The number of amides is 1. The van der Waals surface area contributed by atoms with Crippen molar-refractivity contribution in [1.29, 1.82) is 0 Å². The number of aliphatic imine (C=N–C) groups is 1. The first-order chi connectivity index (χ1) is 13.0. The van der Waals surface area contributed by atoms with Crippen LogP contribution < -0.4 is 11.1 Å². The van der Waals surface area contributed by atoms with Crippen LogP contribution in [-0.2, 0) is 11.3 Å². The molecule has 6 nitrogen and oxygen atoms in total. The second kappa shape index (κ2) is 12.9. The number of likely N-dealkylation sites (N-methyl/N-ethyl adjacent to an activating group) is 1. The van der Waals surface area contributed by atoms with E-state index in [-0.39, 0.29) is 35.7 Å². The number of hydrogen-bond acceptors (Lipinski definition) is 3. The molecule has 1 aliphatic rings. The molecule has 1 aromatic carbocycles. The second-order valence-corrected chi connectivity index (χ2v) is 7.22. The largest absolute Gasteiger partial charge is 0.370 e. The van der Waals surface area contributed by atoms with Gasteiger partial charge in [-0.1, -0.05) is 12.1 Å². The Kier molecular flexibility index (Phi) is 11.4. The van der Waals surface area contributed by atoms with Crippen molar-refractivity contribution in [2.24, 2.45) is 16.6 Å². The SMILES string of the molecule is CCNC(=NCCN(C)Cc1ccc(F)cc1)N1CCCC(CC(N)=O)C1.I. The van der Waals surface area contributed by atoms with Crippen molar-refractivity contribution < 1.29 is 9.18 Å². The Balaban J connectivity index is 0.00000392. The van der Waals surface area contributed by atoms with Crippen molar-refractivity contribution in [1.82, 2.24) is 15.1 Å². The van der Waals surface area contributed by atoms with E-state index in [0.29, 0.717) is 18.9 Å². The van der Waals surface area contributed by atoms with Crippen molar-refractivity contribution in [3.05, 3.63) is 35.6 Å². The van der Waals surface area contributed by atoms with Crippen molar-refractivity contribution in [3.8, 4) is 0 Å². The lowest BCUT2D eigenvalue weighted by Gasteiger charge is -2.34. The fourth-order valence-corrected chi connectivity index (χ4v) is 3.44. The molecule has 0 aromatic heterocycles. The molecule has 1 fully saturated rings. The minimum atomic E-state index is -0.230. The fraction of sp³-hybridized carbons (Fsp3) is 0.600. The van der Waals surface area contributed by atoms with Crippen LogP contribution in [0.4, 0.5) is 4.39 Å². The van der Waals surface area contributed by atoms with Gasteiger partial charge in [0.15, 0.2) is 5.96 Å². The van der Waals surface area contributed by atoms with Crippen LogP contribution in [0, 0.1) is 11.7 Å². The number of nitrogens with two attached hydrogens (primary N) is 1. The van der Waals surface area contributed by atoms with E-state index in [0.717, 1.165) is 57.1 Å². The fourth-order valence-electron chi connectivity index (χ4n) is 3.44.